The van der Waals surface area contributed by atoms with Crippen molar-refractivity contribution in [1.29, 1.82) is 0 Å². The summed E-state index contributed by atoms with van der Waals surface area (Å²) < 4.78 is 1.58. The van der Waals surface area contributed by atoms with E-state index in [4.69, 9.17) is 0 Å². The smallest absolute Gasteiger partial charge is 0.265 e. The Morgan fingerprint density at radius 2 is 2.00 bits per heavy atom. The van der Waals surface area contributed by atoms with Gasteiger partial charge in [0, 0.05) is 7.05 Å². The zero-order valence-corrected chi connectivity index (χ0v) is 6.25. The Morgan fingerprint density at radius 1 is 1.40 bits per heavy atom. The molecule has 0 aliphatic carbocycles. The maximum atomic E-state index is 10.8. The van der Waals surface area contributed by atoms with Crippen LogP contribution in [0.4, 0.5) is 0 Å². The van der Waals surface area contributed by atoms with Gasteiger partial charge >= 0.3 is 0 Å². The molecule has 0 saturated heterocycles. The number of nitrogens with zero attached hydrogens (tertiary/aromatic N) is 3. The van der Waals surface area contributed by atoms with Crippen LogP contribution in [0.1, 0.15) is 11.5 Å². The summed E-state index contributed by atoms with van der Waals surface area (Å²) in [4.78, 5) is 14.5. The van der Waals surface area contributed by atoms with Gasteiger partial charge in [-0.1, -0.05) is 0 Å². The van der Waals surface area contributed by atoms with E-state index in [-0.39, 0.29) is 5.56 Å². The van der Waals surface area contributed by atoms with Crippen molar-refractivity contribution in [2.24, 2.45) is 7.05 Å². The molecule has 4 nitrogen and oxygen atoms in total. The highest BCUT2D eigenvalue weighted by atomic mass is 16.1. The van der Waals surface area contributed by atoms with Crippen molar-refractivity contribution >= 4 is 0 Å². The molecule has 0 N–H and O–H groups in total. The molecule has 54 valence electrons. The lowest BCUT2D eigenvalue weighted by atomic mass is 10.5. The van der Waals surface area contributed by atoms with Crippen molar-refractivity contribution < 1.29 is 0 Å². The van der Waals surface area contributed by atoms with Gasteiger partial charge in [0.2, 0.25) is 0 Å². The van der Waals surface area contributed by atoms with Crippen molar-refractivity contribution in [1.82, 2.24) is 14.8 Å². The molecule has 0 aromatic carbocycles. The number of hydrogen-bond acceptors (Lipinski definition) is 3. The van der Waals surface area contributed by atoms with Gasteiger partial charge in [0.1, 0.15) is 11.5 Å². The predicted molar refractivity (Wildman–Crippen MR) is 36.7 cm³/mol. The van der Waals surface area contributed by atoms with E-state index in [1.807, 2.05) is 0 Å². The second-order valence-electron chi connectivity index (χ2n) is 2.17. The summed E-state index contributed by atoms with van der Waals surface area (Å²) in [5.74, 6) is 0.635. The third kappa shape index (κ3) is 1.05. The molecule has 0 fully saturated rings. The standard InChI is InChI=1S/C6H9N3O/c1-4-6(10)7-5(2)9(3)8-4/h1-3H3. The van der Waals surface area contributed by atoms with E-state index in [0.717, 1.165) is 0 Å². The molecule has 0 unspecified atom stereocenters. The number of aryl methyl sites for hydroxylation is 3. The van der Waals surface area contributed by atoms with Crippen LogP contribution in [0.5, 0.6) is 0 Å². The van der Waals surface area contributed by atoms with E-state index in [9.17, 15) is 4.79 Å². The molecule has 0 saturated carbocycles. The SMILES string of the molecule is Cc1nn(C)c(C)nc1=O. The van der Waals surface area contributed by atoms with Gasteiger partial charge < -0.3 is 0 Å². The Labute approximate surface area is 58.5 Å². The molecular formula is C6H9N3O. The van der Waals surface area contributed by atoms with Gasteiger partial charge in [-0.25, -0.2) is 0 Å². The van der Waals surface area contributed by atoms with E-state index in [0.29, 0.717) is 11.5 Å². The van der Waals surface area contributed by atoms with Crippen molar-refractivity contribution in [3.63, 3.8) is 0 Å². The Kier molecular flexibility index (Phi) is 1.53. The van der Waals surface area contributed by atoms with Crippen LogP contribution in [-0.2, 0) is 7.05 Å². The quantitative estimate of drug-likeness (QED) is 0.499. The lowest BCUT2D eigenvalue weighted by Gasteiger charge is -1.99. The molecule has 10 heavy (non-hydrogen) atoms. The molecule has 1 aromatic heterocycles. The summed E-state index contributed by atoms with van der Waals surface area (Å²) in [6.45, 7) is 3.39. The van der Waals surface area contributed by atoms with Gasteiger partial charge in [0.15, 0.2) is 0 Å². The first-order valence-corrected chi connectivity index (χ1v) is 3.00. The first kappa shape index (κ1) is 6.92. The van der Waals surface area contributed by atoms with E-state index in [1.165, 1.54) is 0 Å². The molecule has 1 aromatic rings. The van der Waals surface area contributed by atoms with E-state index >= 15 is 0 Å². The fraction of sp³-hybridized carbons (Fsp3) is 0.500. The van der Waals surface area contributed by atoms with Crippen LogP contribution in [0.15, 0.2) is 4.79 Å². The highest BCUT2D eigenvalue weighted by molar-refractivity contribution is 4.91. The van der Waals surface area contributed by atoms with Crippen LogP contribution >= 0.6 is 0 Å². The maximum absolute atomic E-state index is 10.8. The summed E-state index contributed by atoms with van der Waals surface area (Å²) in [5, 5.41) is 3.91. The fourth-order valence-electron chi connectivity index (χ4n) is 0.640. The summed E-state index contributed by atoms with van der Waals surface area (Å²) in [5.41, 5.74) is 0.198. The molecule has 0 aliphatic rings. The molecule has 0 amide bonds. The second-order valence-corrected chi connectivity index (χ2v) is 2.17. The molecule has 4 heteroatoms. The molecule has 0 radical (unpaired) electrons. The number of aromatic nitrogens is 3. The Bertz CT molecular complexity index is 302. The van der Waals surface area contributed by atoms with Gasteiger partial charge in [-0.2, -0.15) is 10.1 Å². The zero-order chi connectivity index (χ0) is 7.72. The molecule has 0 atom stereocenters. The van der Waals surface area contributed by atoms with Crippen LogP contribution in [0.25, 0.3) is 0 Å². The van der Waals surface area contributed by atoms with Crippen LogP contribution < -0.4 is 5.56 Å². The van der Waals surface area contributed by atoms with E-state index < -0.39 is 0 Å². The van der Waals surface area contributed by atoms with Gasteiger partial charge in [-0.15, -0.1) is 0 Å². The van der Waals surface area contributed by atoms with Crippen molar-refractivity contribution in [3.8, 4) is 0 Å². The zero-order valence-electron chi connectivity index (χ0n) is 6.25. The second kappa shape index (κ2) is 2.21. The lowest BCUT2D eigenvalue weighted by molar-refractivity contribution is 0.652. The van der Waals surface area contributed by atoms with Gasteiger partial charge in [0.05, 0.1) is 0 Å². The van der Waals surface area contributed by atoms with Crippen molar-refractivity contribution in [3.05, 3.63) is 21.9 Å². The fourth-order valence-corrected chi connectivity index (χ4v) is 0.640. The molecule has 0 bridgehead atoms. The minimum Gasteiger partial charge on any atom is -0.265 e. The monoisotopic (exact) mass is 139 g/mol. The van der Waals surface area contributed by atoms with Crippen LogP contribution in [0.2, 0.25) is 0 Å². The predicted octanol–water partition coefficient (Wildman–Crippen LogP) is -0.208. The van der Waals surface area contributed by atoms with E-state index in [1.54, 1.807) is 25.6 Å². The molecule has 1 heterocycles. The largest absolute Gasteiger partial charge is 0.294 e. The number of hydrogen-bond donors (Lipinski definition) is 0. The molecule has 1 rings (SSSR count). The summed E-state index contributed by atoms with van der Waals surface area (Å²) in [7, 11) is 1.76. The molecule has 0 spiro atoms. The number of rotatable bonds is 0. The van der Waals surface area contributed by atoms with Crippen LogP contribution in [0.3, 0.4) is 0 Å². The third-order valence-electron chi connectivity index (χ3n) is 1.34. The summed E-state index contributed by atoms with van der Waals surface area (Å²) >= 11 is 0. The third-order valence-corrected chi connectivity index (χ3v) is 1.34. The van der Waals surface area contributed by atoms with Crippen LogP contribution in [-0.4, -0.2) is 14.8 Å². The lowest BCUT2D eigenvalue weighted by Crippen LogP contribution is -2.19. The summed E-state index contributed by atoms with van der Waals surface area (Å²) in [6, 6.07) is 0. The average molecular weight is 139 g/mol. The van der Waals surface area contributed by atoms with E-state index in [2.05, 4.69) is 10.1 Å². The van der Waals surface area contributed by atoms with Crippen molar-refractivity contribution in [2.45, 2.75) is 13.8 Å². The minimum absolute atomic E-state index is 0.240. The van der Waals surface area contributed by atoms with Crippen molar-refractivity contribution in [2.75, 3.05) is 0 Å². The van der Waals surface area contributed by atoms with Gasteiger partial charge in [-0.05, 0) is 13.8 Å². The maximum Gasteiger partial charge on any atom is 0.294 e. The first-order valence-electron chi connectivity index (χ1n) is 3.00. The normalized spacial score (nSPS) is 9.90. The van der Waals surface area contributed by atoms with Crippen LogP contribution in [0, 0.1) is 13.8 Å². The molecule has 0 aliphatic heterocycles. The Balaban J connectivity index is 3.43. The summed E-state index contributed by atoms with van der Waals surface area (Å²) in [6.07, 6.45) is 0. The minimum atomic E-state index is -0.240. The first-order chi connectivity index (χ1) is 4.61. The molecular weight excluding hydrogens is 130 g/mol. The topological polar surface area (TPSA) is 47.8 Å². The van der Waals surface area contributed by atoms with Gasteiger partial charge in [0.25, 0.3) is 5.56 Å². The Hall–Kier alpha value is -1.19. The average Bonchev–Trinajstić information content (AvgIpc) is 1.84. The Morgan fingerprint density at radius 3 is 2.50 bits per heavy atom. The van der Waals surface area contributed by atoms with Gasteiger partial charge in [-0.3, -0.25) is 9.48 Å². The highest BCUT2D eigenvalue weighted by Gasteiger charge is 1.97. The highest BCUT2D eigenvalue weighted by Crippen LogP contribution is 1.83.